The van der Waals surface area contributed by atoms with Crippen molar-refractivity contribution in [2.45, 2.75) is 20.4 Å². The smallest absolute Gasteiger partial charge is 0.254 e. The molecule has 0 aliphatic heterocycles. The van der Waals surface area contributed by atoms with Gasteiger partial charge in [0.2, 0.25) is 11.9 Å². The Hall–Kier alpha value is -2.64. The molecule has 0 atom stereocenters. The van der Waals surface area contributed by atoms with E-state index in [0.717, 1.165) is 6.07 Å². The number of pyridine rings is 1. The lowest BCUT2D eigenvalue weighted by Crippen LogP contribution is -2.28. The maximum Gasteiger partial charge on any atom is 0.254 e. The molecule has 0 bridgehead atoms. The van der Waals surface area contributed by atoms with Gasteiger partial charge in [0.05, 0.1) is 0 Å². The molecule has 0 aromatic carbocycles. The highest BCUT2D eigenvalue weighted by Crippen LogP contribution is 2.07. The van der Waals surface area contributed by atoms with Crippen LogP contribution in [-0.4, -0.2) is 30.3 Å². The highest BCUT2D eigenvalue weighted by Gasteiger charge is 2.11. The number of hydrogen-bond acceptors (Lipinski definition) is 5. The molecule has 0 fully saturated rings. The van der Waals surface area contributed by atoms with Crippen molar-refractivity contribution >= 4 is 11.9 Å². The summed E-state index contributed by atoms with van der Waals surface area (Å²) >= 11 is 0. The van der Waals surface area contributed by atoms with Crippen molar-refractivity contribution in [3.63, 3.8) is 0 Å². The van der Waals surface area contributed by atoms with Gasteiger partial charge in [0.15, 0.2) is 0 Å². The van der Waals surface area contributed by atoms with E-state index in [2.05, 4.69) is 15.4 Å². The van der Waals surface area contributed by atoms with Crippen LogP contribution in [0.1, 0.15) is 11.5 Å². The molecule has 0 saturated carbocycles. The van der Waals surface area contributed by atoms with Crippen LogP contribution in [0.15, 0.2) is 16.9 Å². The maximum absolute atomic E-state index is 11.9. The number of nitrogens with one attached hydrogen (secondary N) is 1. The van der Waals surface area contributed by atoms with Gasteiger partial charge in [-0.1, -0.05) is 0 Å². The first kappa shape index (κ1) is 13.8. The second kappa shape index (κ2) is 5.16. The molecular formula is C12H15N5O3. The van der Waals surface area contributed by atoms with Gasteiger partial charge < -0.3 is 9.67 Å². The van der Waals surface area contributed by atoms with Crippen LogP contribution < -0.4 is 10.9 Å². The van der Waals surface area contributed by atoms with Crippen LogP contribution in [0.5, 0.6) is 5.75 Å². The quantitative estimate of drug-likeness (QED) is 0.818. The lowest BCUT2D eigenvalue weighted by molar-refractivity contribution is -0.116. The first-order chi connectivity index (χ1) is 9.36. The Balaban J connectivity index is 2.14. The predicted molar refractivity (Wildman–Crippen MR) is 71.5 cm³/mol. The average Bonchev–Trinajstić information content (AvgIpc) is 2.63. The minimum Gasteiger partial charge on any atom is -0.508 e. The van der Waals surface area contributed by atoms with E-state index < -0.39 is 11.5 Å². The van der Waals surface area contributed by atoms with Gasteiger partial charge >= 0.3 is 0 Å². The van der Waals surface area contributed by atoms with E-state index in [-0.39, 0.29) is 18.2 Å². The van der Waals surface area contributed by atoms with Gasteiger partial charge in [0.25, 0.3) is 5.56 Å². The van der Waals surface area contributed by atoms with Crippen molar-refractivity contribution in [2.24, 2.45) is 7.05 Å². The fraction of sp³-hybridized carbons (Fsp3) is 0.333. The summed E-state index contributed by atoms with van der Waals surface area (Å²) in [4.78, 5) is 27.6. The molecule has 2 aromatic rings. The largest absolute Gasteiger partial charge is 0.508 e. The molecule has 8 nitrogen and oxygen atoms in total. The van der Waals surface area contributed by atoms with Crippen LogP contribution in [0, 0.1) is 13.8 Å². The third-order valence-corrected chi connectivity index (χ3v) is 2.85. The van der Waals surface area contributed by atoms with Crippen LogP contribution in [0.2, 0.25) is 0 Å². The summed E-state index contributed by atoms with van der Waals surface area (Å²) in [5, 5.41) is 15.8. The van der Waals surface area contributed by atoms with Gasteiger partial charge in [-0.25, -0.2) is 0 Å². The Kier molecular flexibility index (Phi) is 3.55. The van der Waals surface area contributed by atoms with E-state index in [1.165, 1.54) is 15.3 Å². The monoisotopic (exact) mass is 277 g/mol. The number of rotatable bonds is 3. The number of carbonyl (C=O) groups is 1. The number of carbonyl (C=O) groups excluding carboxylic acids is 1. The molecule has 0 aliphatic carbocycles. The van der Waals surface area contributed by atoms with Crippen LogP contribution in [0.25, 0.3) is 0 Å². The van der Waals surface area contributed by atoms with Crippen molar-refractivity contribution < 1.29 is 9.90 Å². The van der Waals surface area contributed by atoms with Crippen molar-refractivity contribution in [3.05, 3.63) is 34.0 Å². The van der Waals surface area contributed by atoms with Gasteiger partial charge in [-0.15, -0.1) is 5.10 Å². The molecule has 2 aromatic heterocycles. The first-order valence-corrected chi connectivity index (χ1v) is 5.95. The van der Waals surface area contributed by atoms with Crippen LogP contribution in [0.3, 0.4) is 0 Å². The fourth-order valence-electron chi connectivity index (χ4n) is 1.74. The highest BCUT2D eigenvalue weighted by molar-refractivity contribution is 5.88. The number of nitrogens with zero attached hydrogens (tertiary/aromatic N) is 4. The van der Waals surface area contributed by atoms with E-state index in [9.17, 15) is 14.7 Å². The fourth-order valence-corrected chi connectivity index (χ4v) is 1.74. The maximum atomic E-state index is 11.9. The molecule has 106 valence electrons. The molecule has 2 N–H and O–H groups in total. The topological polar surface area (TPSA) is 102 Å². The van der Waals surface area contributed by atoms with Gasteiger partial charge in [0.1, 0.15) is 18.1 Å². The Morgan fingerprint density at radius 2 is 2.10 bits per heavy atom. The third-order valence-electron chi connectivity index (χ3n) is 2.85. The number of hydrogen-bond donors (Lipinski definition) is 2. The predicted octanol–water partition coefficient (Wildman–Crippen LogP) is -0.0621. The zero-order valence-corrected chi connectivity index (χ0v) is 11.4. The van der Waals surface area contributed by atoms with Crippen LogP contribution in [-0.2, 0) is 18.4 Å². The first-order valence-electron chi connectivity index (χ1n) is 5.95. The third kappa shape index (κ3) is 2.85. The lowest BCUT2D eigenvalue weighted by atomic mass is 10.3. The summed E-state index contributed by atoms with van der Waals surface area (Å²) in [7, 11) is 1.71. The Morgan fingerprint density at radius 3 is 2.65 bits per heavy atom. The Labute approximate surface area is 114 Å². The van der Waals surface area contributed by atoms with Gasteiger partial charge in [-0.2, -0.15) is 4.98 Å². The lowest BCUT2D eigenvalue weighted by Gasteiger charge is -2.09. The molecule has 0 radical (unpaired) electrons. The van der Waals surface area contributed by atoms with Gasteiger partial charge in [0, 0.05) is 18.8 Å². The number of aromatic hydroxyl groups is 1. The molecule has 2 heterocycles. The molecule has 0 unspecified atom stereocenters. The molecule has 0 aliphatic rings. The van der Waals surface area contributed by atoms with E-state index in [1.54, 1.807) is 20.9 Å². The number of amides is 1. The van der Waals surface area contributed by atoms with Crippen molar-refractivity contribution in [3.8, 4) is 5.75 Å². The molecular weight excluding hydrogens is 262 g/mol. The summed E-state index contributed by atoms with van der Waals surface area (Å²) in [6.07, 6.45) is 0. The van der Waals surface area contributed by atoms with E-state index in [4.69, 9.17) is 0 Å². The van der Waals surface area contributed by atoms with Crippen LogP contribution >= 0.6 is 0 Å². The Bertz CT molecular complexity index is 697. The summed E-state index contributed by atoms with van der Waals surface area (Å²) in [6, 6.07) is 2.47. The van der Waals surface area contributed by atoms with E-state index in [1.807, 2.05) is 0 Å². The summed E-state index contributed by atoms with van der Waals surface area (Å²) < 4.78 is 2.79. The van der Waals surface area contributed by atoms with Crippen LogP contribution in [0.4, 0.5) is 5.95 Å². The minimum atomic E-state index is -0.442. The van der Waals surface area contributed by atoms with Crippen molar-refractivity contribution in [1.29, 1.82) is 0 Å². The Morgan fingerprint density at radius 1 is 1.40 bits per heavy atom. The van der Waals surface area contributed by atoms with Crippen molar-refractivity contribution in [1.82, 2.24) is 19.3 Å². The SMILES string of the molecule is Cc1nc(NC(=O)Cn2c(C)cc(O)cc2=O)nn1C. The average molecular weight is 277 g/mol. The van der Waals surface area contributed by atoms with E-state index in [0.29, 0.717) is 11.5 Å². The molecule has 0 saturated heterocycles. The molecule has 8 heteroatoms. The summed E-state index contributed by atoms with van der Waals surface area (Å²) in [5.41, 5.74) is 0.0538. The minimum absolute atomic E-state index is 0.119. The normalized spacial score (nSPS) is 10.6. The van der Waals surface area contributed by atoms with E-state index >= 15 is 0 Å². The zero-order chi connectivity index (χ0) is 14.9. The zero-order valence-electron chi connectivity index (χ0n) is 11.4. The number of anilines is 1. The molecule has 1 amide bonds. The molecule has 2 rings (SSSR count). The second-order valence-corrected chi connectivity index (χ2v) is 4.43. The summed E-state index contributed by atoms with van der Waals surface area (Å²) in [6.45, 7) is 3.23. The number of aromatic nitrogens is 4. The molecule has 0 spiro atoms. The van der Waals surface area contributed by atoms with Gasteiger partial charge in [-0.05, 0) is 19.9 Å². The van der Waals surface area contributed by atoms with Gasteiger partial charge in [-0.3, -0.25) is 19.6 Å². The number of aryl methyl sites for hydroxylation is 3. The van der Waals surface area contributed by atoms with Crippen molar-refractivity contribution in [2.75, 3.05) is 5.32 Å². The highest BCUT2D eigenvalue weighted by atomic mass is 16.3. The standard InChI is InChI=1S/C12H15N5O3/c1-7-4-9(18)5-11(20)17(7)6-10(19)14-12-13-8(2)16(3)15-12/h4-5,18H,6H2,1-3H3,(H,14,15,19). The second-order valence-electron chi connectivity index (χ2n) is 4.43. The summed E-state index contributed by atoms with van der Waals surface area (Å²) in [5.74, 6) is 0.329. The molecule has 20 heavy (non-hydrogen) atoms.